The molecule has 284 valence electrons. The van der Waals surface area contributed by atoms with Gasteiger partial charge in [0, 0.05) is 12.0 Å². The van der Waals surface area contributed by atoms with Crippen LogP contribution < -0.4 is 9.47 Å². The third kappa shape index (κ3) is 5.92. The van der Waals surface area contributed by atoms with Gasteiger partial charge in [0.25, 0.3) is 0 Å². The summed E-state index contributed by atoms with van der Waals surface area (Å²) in [6.07, 6.45) is 1.62. The zero-order valence-electron chi connectivity index (χ0n) is 31.7. The van der Waals surface area contributed by atoms with Gasteiger partial charge in [-0.3, -0.25) is 4.79 Å². The fraction of sp³-hybridized carbons (Fsp3) is 0.200. The van der Waals surface area contributed by atoms with Gasteiger partial charge in [0.05, 0.1) is 11.3 Å². The van der Waals surface area contributed by atoms with Crippen molar-refractivity contribution >= 4 is 11.9 Å². The van der Waals surface area contributed by atoms with Crippen LogP contribution in [0.25, 0.3) is 11.1 Å². The van der Waals surface area contributed by atoms with Crippen LogP contribution in [0.15, 0.2) is 152 Å². The molecule has 10 rings (SSSR count). The molecule has 6 aromatic rings. The molecule has 7 nitrogen and oxygen atoms in total. The van der Waals surface area contributed by atoms with Crippen molar-refractivity contribution in [1.82, 2.24) is 0 Å². The molecule has 4 aliphatic rings. The first-order valence-corrected chi connectivity index (χ1v) is 19.4. The molecule has 1 N–H and O–H groups in total. The van der Waals surface area contributed by atoms with E-state index in [0.29, 0.717) is 17.9 Å². The third-order valence-corrected chi connectivity index (χ3v) is 11.9. The Morgan fingerprint density at radius 1 is 0.649 bits per heavy atom. The van der Waals surface area contributed by atoms with Crippen molar-refractivity contribution in [2.24, 2.45) is 5.92 Å². The average Bonchev–Trinajstić information content (AvgIpc) is 3.55. The topological polar surface area (TPSA) is 91.3 Å². The Labute approximate surface area is 332 Å². The predicted octanol–water partition coefficient (Wildman–Crippen LogP) is 8.79. The number of hydrogen-bond acceptors (Lipinski definition) is 7. The van der Waals surface area contributed by atoms with Gasteiger partial charge < -0.3 is 24.1 Å². The second kappa shape index (κ2) is 14.6. The van der Waals surface area contributed by atoms with Crippen molar-refractivity contribution in [3.63, 3.8) is 0 Å². The second-order valence-electron chi connectivity index (χ2n) is 14.9. The third-order valence-electron chi connectivity index (χ3n) is 11.9. The van der Waals surface area contributed by atoms with Gasteiger partial charge in [-0.15, -0.1) is 0 Å². The number of carbonyl (C=O) groups excluding carboxylic acids is 2. The van der Waals surface area contributed by atoms with E-state index in [2.05, 4.69) is 98.4 Å². The summed E-state index contributed by atoms with van der Waals surface area (Å²) in [6.45, 7) is 6.04. The molecule has 0 saturated carbocycles. The molecule has 0 fully saturated rings. The number of benzene rings is 6. The normalized spacial score (nSPS) is 19.0. The van der Waals surface area contributed by atoms with Crippen molar-refractivity contribution in [2.45, 2.75) is 30.3 Å². The van der Waals surface area contributed by atoms with Crippen LogP contribution in [-0.2, 0) is 30.1 Å². The number of fused-ring (bicyclic) bond motifs is 4. The quantitative estimate of drug-likeness (QED) is 0.0758. The molecule has 6 aromatic carbocycles. The second-order valence-corrected chi connectivity index (χ2v) is 14.9. The van der Waals surface area contributed by atoms with Gasteiger partial charge >= 0.3 is 11.9 Å². The standard InChI is InChI=1S/C50H42O7/c1-3-47(51)56-28-26-54-35-21-17-33(18-22-35)49(42-13-7-4-10-37(42)38-11-5-8-14-43(38)49)34-19-23-36(24-20-34)55-27-29-57-48(52)46-31-40-39-12-6-9-15-44(39)50(46,53)45-25-16-32(2)30-41(40)45/h3-25,30,40,46,53H,1,26-29,31H2,2H3. The molecule has 0 aliphatic heterocycles. The Bertz CT molecular complexity index is 2460. The molecule has 0 amide bonds. The molecule has 3 atom stereocenters. The Hall–Kier alpha value is -6.44. The summed E-state index contributed by atoms with van der Waals surface area (Å²) in [6, 6.07) is 47.2. The van der Waals surface area contributed by atoms with Crippen LogP contribution in [-0.4, -0.2) is 43.5 Å². The molecule has 0 spiro atoms. The lowest BCUT2D eigenvalue weighted by atomic mass is 9.56. The Morgan fingerprint density at radius 3 is 1.77 bits per heavy atom. The lowest BCUT2D eigenvalue weighted by Crippen LogP contribution is -2.50. The Morgan fingerprint density at radius 2 is 1.18 bits per heavy atom. The van der Waals surface area contributed by atoms with Crippen LogP contribution >= 0.6 is 0 Å². The Kier molecular flexibility index (Phi) is 9.26. The highest BCUT2D eigenvalue weighted by Gasteiger charge is 2.56. The zero-order chi connectivity index (χ0) is 39.1. The molecule has 2 bridgehead atoms. The van der Waals surface area contributed by atoms with E-state index < -0.39 is 28.9 Å². The molecule has 57 heavy (non-hydrogen) atoms. The number of ether oxygens (including phenoxy) is 4. The number of rotatable bonds is 12. The minimum atomic E-state index is -1.45. The summed E-state index contributed by atoms with van der Waals surface area (Å²) in [4.78, 5) is 25.1. The van der Waals surface area contributed by atoms with Crippen molar-refractivity contribution in [3.8, 4) is 22.6 Å². The molecule has 3 unspecified atom stereocenters. The van der Waals surface area contributed by atoms with Crippen LogP contribution in [0.3, 0.4) is 0 Å². The first kappa shape index (κ1) is 36.2. The van der Waals surface area contributed by atoms with Crippen LogP contribution in [0, 0.1) is 12.8 Å². The lowest BCUT2D eigenvalue weighted by Gasteiger charge is -2.50. The van der Waals surface area contributed by atoms with Crippen LogP contribution in [0.2, 0.25) is 0 Å². The van der Waals surface area contributed by atoms with Crippen molar-refractivity contribution in [2.75, 3.05) is 26.4 Å². The first-order chi connectivity index (χ1) is 27.8. The van der Waals surface area contributed by atoms with E-state index in [0.717, 1.165) is 45.0 Å². The molecule has 0 heterocycles. The molecule has 0 aromatic heterocycles. The van der Waals surface area contributed by atoms with Gasteiger partial charge in [-0.1, -0.05) is 127 Å². The van der Waals surface area contributed by atoms with Crippen LogP contribution in [0.5, 0.6) is 11.5 Å². The van der Waals surface area contributed by atoms with Gasteiger partial charge in [-0.25, -0.2) is 4.79 Å². The number of aliphatic hydroxyl groups is 1. The first-order valence-electron chi connectivity index (χ1n) is 19.4. The number of aryl methyl sites for hydroxylation is 1. The minimum Gasteiger partial charge on any atom is -0.490 e. The fourth-order valence-electron chi connectivity index (χ4n) is 9.47. The summed E-state index contributed by atoms with van der Waals surface area (Å²) in [7, 11) is 0. The summed E-state index contributed by atoms with van der Waals surface area (Å²) in [5.74, 6) is -0.282. The van der Waals surface area contributed by atoms with E-state index in [1.54, 1.807) is 0 Å². The molecular weight excluding hydrogens is 713 g/mol. The highest BCUT2D eigenvalue weighted by Crippen LogP contribution is 2.59. The average molecular weight is 755 g/mol. The maximum Gasteiger partial charge on any atom is 0.330 e. The van der Waals surface area contributed by atoms with E-state index in [-0.39, 0.29) is 32.3 Å². The highest BCUT2D eigenvalue weighted by atomic mass is 16.6. The summed E-state index contributed by atoms with van der Waals surface area (Å²) in [5, 5.41) is 12.3. The smallest absolute Gasteiger partial charge is 0.330 e. The summed E-state index contributed by atoms with van der Waals surface area (Å²) < 4.78 is 22.9. The molecule has 4 aliphatic carbocycles. The zero-order valence-corrected chi connectivity index (χ0v) is 31.7. The largest absolute Gasteiger partial charge is 0.490 e. The van der Waals surface area contributed by atoms with E-state index >= 15 is 0 Å². The van der Waals surface area contributed by atoms with Gasteiger partial charge in [0.1, 0.15) is 43.5 Å². The van der Waals surface area contributed by atoms with E-state index in [9.17, 15) is 14.7 Å². The monoisotopic (exact) mass is 754 g/mol. The van der Waals surface area contributed by atoms with Gasteiger partial charge in [-0.05, 0) is 93.2 Å². The molecule has 7 heteroatoms. The van der Waals surface area contributed by atoms with Crippen molar-refractivity contribution in [1.29, 1.82) is 0 Å². The summed E-state index contributed by atoms with van der Waals surface area (Å²) in [5.41, 5.74) is 9.65. The van der Waals surface area contributed by atoms with Gasteiger partial charge in [0.15, 0.2) is 0 Å². The maximum absolute atomic E-state index is 13.7. The van der Waals surface area contributed by atoms with Gasteiger partial charge in [-0.2, -0.15) is 0 Å². The maximum atomic E-state index is 13.7. The number of esters is 2. The molecule has 0 radical (unpaired) electrons. The van der Waals surface area contributed by atoms with Crippen LogP contribution in [0.1, 0.15) is 62.4 Å². The number of hydrogen-bond donors (Lipinski definition) is 1. The minimum absolute atomic E-state index is 0.0198. The predicted molar refractivity (Wildman–Crippen MR) is 217 cm³/mol. The lowest BCUT2D eigenvalue weighted by molar-refractivity contribution is -0.160. The van der Waals surface area contributed by atoms with Crippen molar-refractivity contribution in [3.05, 3.63) is 202 Å². The highest BCUT2D eigenvalue weighted by molar-refractivity contribution is 5.86. The van der Waals surface area contributed by atoms with Gasteiger partial charge in [0.2, 0.25) is 0 Å². The fourth-order valence-corrected chi connectivity index (χ4v) is 9.47. The van der Waals surface area contributed by atoms with Crippen molar-refractivity contribution < 1.29 is 33.6 Å². The molecular formula is C50H42O7. The van der Waals surface area contributed by atoms with E-state index in [4.69, 9.17) is 18.9 Å². The van der Waals surface area contributed by atoms with E-state index in [1.807, 2.05) is 54.6 Å². The SMILES string of the molecule is C=CC(=O)OCCOc1ccc(C2(c3ccc(OCCOC(=O)C4CC5c6ccccc6C4(O)c4ccc(C)cc45)cc3)c3ccccc3-c3ccccc32)cc1. The molecule has 0 saturated heterocycles. The van der Waals surface area contributed by atoms with E-state index in [1.165, 1.54) is 22.3 Å². The Balaban J connectivity index is 0.927. The summed E-state index contributed by atoms with van der Waals surface area (Å²) >= 11 is 0. The number of carbonyl (C=O) groups is 2. The van der Waals surface area contributed by atoms with Crippen LogP contribution in [0.4, 0.5) is 0 Å².